The highest BCUT2D eigenvalue weighted by Crippen LogP contribution is 2.19. The number of thiocarbonyl (C=S) groups is 1. The molecule has 0 aliphatic carbocycles. The molecule has 0 saturated heterocycles. The molecular formula is C13H18FNO2S. The molecule has 0 radical (unpaired) electrons. The molecule has 0 unspecified atom stereocenters. The molecule has 100 valence electrons. The van der Waals surface area contributed by atoms with Gasteiger partial charge in [0.15, 0.2) is 0 Å². The summed E-state index contributed by atoms with van der Waals surface area (Å²) in [5.41, 5.74) is 5.92. The molecule has 1 rings (SSSR count). The van der Waals surface area contributed by atoms with Crippen LogP contribution in [-0.4, -0.2) is 24.8 Å². The monoisotopic (exact) mass is 271 g/mol. The Morgan fingerprint density at radius 3 is 2.78 bits per heavy atom. The first kappa shape index (κ1) is 14.9. The Hall–Kier alpha value is -1.20. The molecule has 1 aromatic rings. The molecule has 3 nitrogen and oxygen atoms in total. The van der Waals surface area contributed by atoms with Crippen molar-refractivity contribution >= 4 is 17.2 Å². The maximum absolute atomic E-state index is 13.0. The molecule has 2 N–H and O–H groups in total. The van der Waals surface area contributed by atoms with Crippen LogP contribution >= 0.6 is 12.2 Å². The molecular weight excluding hydrogens is 253 g/mol. The number of hydrogen-bond donors (Lipinski definition) is 1. The van der Waals surface area contributed by atoms with Gasteiger partial charge in [-0.1, -0.05) is 25.6 Å². The number of ether oxygens (including phenoxy) is 2. The van der Waals surface area contributed by atoms with Crippen LogP contribution in [0.4, 0.5) is 4.39 Å². The van der Waals surface area contributed by atoms with Crippen LogP contribution in [0.1, 0.15) is 25.3 Å². The van der Waals surface area contributed by atoms with E-state index < -0.39 is 0 Å². The molecule has 18 heavy (non-hydrogen) atoms. The lowest BCUT2D eigenvalue weighted by Crippen LogP contribution is -2.14. The van der Waals surface area contributed by atoms with Gasteiger partial charge >= 0.3 is 0 Å². The molecule has 1 aromatic carbocycles. The predicted molar refractivity (Wildman–Crippen MR) is 73.5 cm³/mol. The van der Waals surface area contributed by atoms with Crippen LogP contribution in [0.25, 0.3) is 0 Å². The summed E-state index contributed by atoms with van der Waals surface area (Å²) in [6.07, 6.45) is 2.14. The van der Waals surface area contributed by atoms with Gasteiger partial charge in [0.05, 0.1) is 12.2 Å². The van der Waals surface area contributed by atoms with Crippen molar-refractivity contribution in [2.24, 2.45) is 5.73 Å². The number of hydrogen-bond acceptors (Lipinski definition) is 3. The maximum Gasteiger partial charge on any atom is 0.129 e. The van der Waals surface area contributed by atoms with Crippen LogP contribution in [0.15, 0.2) is 18.2 Å². The molecule has 0 spiro atoms. The fraction of sp³-hybridized carbons (Fsp3) is 0.462. The van der Waals surface area contributed by atoms with Crippen LogP contribution in [-0.2, 0) is 4.74 Å². The first-order chi connectivity index (χ1) is 8.65. The van der Waals surface area contributed by atoms with Gasteiger partial charge in [-0.05, 0) is 24.6 Å². The van der Waals surface area contributed by atoms with Gasteiger partial charge in [0.2, 0.25) is 0 Å². The Balaban J connectivity index is 2.44. The van der Waals surface area contributed by atoms with E-state index in [9.17, 15) is 4.39 Å². The average Bonchev–Trinajstić information content (AvgIpc) is 2.35. The quantitative estimate of drug-likeness (QED) is 0.583. The molecule has 5 heteroatoms. The molecule has 0 atom stereocenters. The van der Waals surface area contributed by atoms with Gasteiger partial charge in [0, 0.05) is 6.61 Å². The van der Waals surface area contributed by atoms with Crippen molar-refractivity contribution < 1.29 is 13.9 Å². The Morgan fingerprint density at radius 2 is 2.11 bits per heavy atom. The third-order valence-corrected chi connectivity index (χ3v) is 2.55. The molecule has 0 aromatic heterocycles. The summed E-state index contributed by atoms with van der Waals surface area (Å²) in [7, 11) is 0. The summed E-state index contributed by atoms with van der Waals surface area (Å²) in [5.74, 6) is 0.104. The molecule has 0 amide bonds. The van der Waals surface area contributed by atoms with E-state index in [-0.39, 0.29) is 10.8 Å². The van der Waals surface area contributed by atoms with Gasteiger partial charge in [-0.2, -0.15) is 0 Å². The average molecular weight is 271 g/mol. The van der Waals surface area contributed by atoms with Crippen LogP contribution in [0.5, 0.6) is 5.75 Å². The fourth-order valence-electron chi connectivity index (χ4n) is 1.38. The van der Waals surface area contributed by atoms with E-state index in [0.717, 1.165) is 19.4 Å². The number of rotatable bonds is 8. The smallest absolute Gasteiger partial charge is 0.129 e. The highest BCUT2D eigenvalue weighted by Gasteiger charge is 2.07. The van der Waals surface area contributed by atoms with Gasteiger partial charge in [0.25, 0.3) is 0 Å². The topological polar surface area (TPSA) is 44.5 Å². The van der Waals surface area contributed by atoms with Gasteiger partial charge < -0.3 is 15.2 Å². The van der Waals surface area contributed by atoms with Crippen LogP contribution in [0.2, 0.25) is 0 Å². The number of halogens is 1. The summed E-state index contributed by atoms with van der Waals surface area (Å²) in [5, 5.41) is 0. The Bertz CT molecular complexity index is 399. The van der Waals surface area contributed by atoms with Crippen molar-refractivity contribution in [1.82, 2.24) is 0 Å². The van der Waals surface area contributed by atoms with Gasteiger partial charge in [-0.3, -0.25) is 0 Å². The highest BCUT2D eigenvalue weighted by atomic mass is 32.1. The van der Waals surface area contributed by atoms with Crippen molar-refractivity contribution in [1.29, 1.82) is 0 Å². The van der Waals surface area contributed by atoms with E-state index in [1.165, 1.54) is 18.2 Å². The zero-order valence-corrected chi connectivity index (χ0v) is 11.3. The van der Waals surface area contributed by atoms with Gasteiger partial charge in [0.1, 0.15) is 23.2 Å². The fourth-order valence-corrected chi connectivity index (χ4v) is 1.54. The lowest BCUT2D eigenvalue weighted by Gasteiger charge is -2.11. The molecule has 0 bridgehead atoms. The first-order valence-electron chi connectivity index (χ1n) is 5.95. The molecule has 0 saturated carbocycles. The summed E-state index contributed by atoms with van der Waals surface area (Å²) in [6, 6.07) is 4.11. The minimum Gasteiger partial charge on any atom is -0.490 e. The third kappa shape index (κ3) is 4.98. The standard InChI is InChI=1S/C13H18FNO2S/c1-2-3-6-16-7-8-17-12-5-4-10(14)9-11(12)13(15)18/h4-5,9H,2-3,6-8H2,1H3,(H2,15,18). The predicted octanol–water partition coefficient (Wildman–Crippen LogP) is 2.66. The third-order valence-electron chi connectivity index (χ3n) is 2.33. The van der Waals surface area contributed by atoms with Crippen molar-refractivity contribution in [3.63, 3.8) is 0 Å². The van der Waals surface area contributed by atoms with E-state index in [1.807, 2.05) is 0 Å². The van der Waals surface area contributed by atoms with E-state index in [1.54, 1.807) is 0 Å². The molecule has 0 aliphatic heterocycles. The summed E-state index contributed by atoms with van der Waals surface area (Å²) >= 11 is 4.85. The second kappa shape index (κ2) is 8.00. The van der Waals surface area contributed by atoms with Gasteiger partial charge in [-0.15, -0.1) is 0 Å². The number of benzene rings is 1. The van der Waals surface area contributed by atoms with E-state index in [2.05, 4.69) is 6.92 Å². The van der Waals surface area contributed by atoms with E-state index in [4.69, 9.17) is 27.4 Å². The van der Waals surface area contributed by atoms with Crippen molar-refractivity contribution in [3.05, 3.63) is 29.6 Å². The zero-order chi connectivity index (χ0) is 13.4. The number of nitrogens with two attached hydrogens (primary N) is 1. The normalized spacial score (nSPS) is 10.3. The molecule has 0 fully saturated rings. The van der Waals surface area contributed by atoms with Crippen LogP contribution in [0, 0.1) is 5.82 Å². The summed E-state index contributed by atoms with van der Waals surface area (Å²) in [4.78, 5) is 0.122. The SMILES string of the molecule is CCCCOCCOc1ccc(F)cc1C(N)=S. The second-order valence-electron chi connectivity index (χ2n) is 3.82. The van der Waals surface area contributed by atoms with Crippen molar-refractivity contribution in [2.75, 3.05) is 19.8 Å². The zero-order valence-electron chi connectivity index (χ0n) is 10.4. The first-order valence-corrected chi connectivity index (χ1v) is 6.36. The van der Waals surface area contributed by atoms with E-state index >= 15 is 0 Å². The second-order valence-corrected chi connectivity index (χ2v) is 4.26. The lowest BCUT2D eigenvalue weighted by molar-refractivity contribution is 0.0980. The summed E-state index contributed by atoms with van der Waals surface area (Å²) < 4.78 is 23.9. The highest BCUT2D eigenvalue weighted by molar-refractivity contribution is 7.80. The molecule has 0 aliphatic rings. The Morgan fingerprint density at radius 1 is 1.33 bits per heavy atom. The van der Waals surface area contributed by atoms with Crippen molar-refractivity contribution in [3.8, 4) is 5.75 Å². The van der Waals surface area contributed by atoms with Gasteiger partial charge in [-0.25, -0.2) is 4.39 Å². The Labute approximate surface area is 112 Å². The largest absolute Gasteiger partial charge is 0.490 e. The van der Waals surface area contributed by atoms with Crippen LogP contribution < -0.4 is 10.5 Å². The minimum absolute atomic E-state index is 0.122. The summed E-state index contributed by atoms with van der Waals surface area (Å²) in [6.45, 7) is 3.72. The van der Waals surface area contributed by atoms with Crippen molar-refractivity contribution in [2.45, 2.75) is 19.8 Å². The lowest BCUT2D eigenvalue weighted by atomic mass is 10.2. The molecule has 0 heterocycles. The Kier molecular flexibility index (Phi) is 6.60. The number of unbranched alkanes of at least 4 members (excludes halogenated alkanes) is 1. The minimum atomic E-state index is -0.385. The maximum atomic E-state index is 13.0. The van der Waals surface area contributed by atoms with Crippen LogP contribution in [0.3, 0.4) is 0 Å². The van der Waals surface area contributed by atoms with E-state index in [0.29, 0.717) is 24.5 Å².